The number of rotatable bonds is 4. The molecule has 2 saturated heterocycles. The molecule has 0 aliphatic carbocycles. The average molecular weight is 381 g/mol. The number of nitrogens with zero attached hydrogens (tertiary/aromatic N) is 6. The number of hydrogen-bond acceptors (Lipinski definition) is 6. The van der Waals surface area contributed by atoms with Gasteiger partial charge in [0.15, 0.2) is 5.82 Å². The van der Waals surface area contributed by atoms with Crippen LogP contribution in [0.3, 0.4) is 0 Å². The summed E-state index contributed by atoms with van der Waals surface area (Å²) in [6.07, 6.45) is 6.73. The molecule has 28 heavy (non-hydrogen) atoms. The third kappa shape index (κ3) is 3.77. The van der Waals surface area contributed by atoms with Crippen molar-refractivity contribution in [1.29, 1.82) is 0 Å². The molecule has 0 amide bonds. The van der Waals surface area contributed by atoms with E-state index in [4.69, 9.17) is 4.98 Å². The highest BCUT2D eigenvalue weighted by molar-refractivity contribution is 5.57. The molecule has 4 rings (SSSR count). The Kier molecular flexibility index (Phi) is 5.64. The van der Waals surface area contributed by atoms with Crippen LogP contribution < -0.4 is 14.7 Å². The van der Waals surface area contributed by atoms with E-state index in [1.807, 2.05) is 6.20 Å². The second kappa shape index (κ2) is 8.33. The van der Waals surface area contributed by atoms with Gasteiger partial charge in [-0.05, 0) is 56.7 Å². The maximum Gasteiger partial charge on any atom is 0.247 e. The maximum absolute atomic E-state index is 4.91. The molecule has 6 heteroatoms. The molecule has 150 valence electrons. The van der Waals surface area contributed by atoms with E-state index in [0.717, 1.165) is 50.9 Å². The predicted molar refractivity (Wildman–Crippen MR) is 115 cm³/mol. The molecule has 2 aromatic rings. The fourth-order valence-electron chi connectivity index (χ4n) is 4.50. The number of hydrogen-bond donors (Lipinski definition) is 0. The monoisotopic (exact) mass is 380 g/mol. The number of aromatic nitrogens is 3. The summed E-state index contributed by atoms with van der Waals surface area (Å²) in [5, 5.41) is 8.66. The molecule has 0 saturated carbocycles. The highest BCUT2D eigenvalue weighted by Gasteiger charge is 2.25. The summed E-state index contributed by atoms with van der Waals surface area (Å²) in [5.41, 5.74) is 4.11. The van der Waals surface area contributed by atoms with E-state index >= 15 is 0 Å². The largest absolute Gasteiger partial charge is 0.368 e. The summed E-state index contributed by atoms with van der Waals surface area (Å²) < 4.78 is 0. The Morgan fingerprint density at radius 3 is 2.57 bits per heavy atom. The van der Waals surface area contributed by atoms with Crippen LogP contribution in [0.2, 0.25) is 0 Å². The molecule has 3 heterocycles. The summed E-state index contributed by atoms with van der Waals surface area (Å²) in [4.78, 5) is 12.1. The SMILES string of the molecule is CCC1CCCCN1c1nncc(N2CCN(c3cccc(C)c3C)CC2)n1. The molecular formula is C22H32N6. The van der Waals surface area contributed by atoms with E-state index in [-0.39, 0.29) is 0 Å². The summed E-state index contributed by atoms with van der Waals surface area (Å²) in [6, 6.07) is 7.14. The van der Waals surface area contributed by atoms with Gasteiger partial charge >= 0.3 is 0 Å². The lowest BCUT2D eigenvalue weighted by molar-refractivity contribution is 0.441. The Labute approximate surface area is 168 Å². The number of piperazine rings is 1. The van der Waals surface area contributed by atoms with Gasteiger partial charge in [0.25, 0.3) is 0 Å². The van der Waals surface area contributed by atoms with Crippen LogP contribution in [-0.4, -0.2) is 53.9 Å². The molecule has 6 nitrogen and oxygen atoms in total. The van der Waals surface area contributed by atoms with Gasteiger partial charge in [-0.1, -0.05) is 19.1 Å². The first-order valence-electron chi connectivity index (χ1n) is 10.7. The summed E-state index contributed by atoms with van der Waals surface area (Å²) in [5.74, 6) is 1.77. The molecule has 0 N–H and O–H groups in total. The van der Waals surface area contributed by atoms with E-state index in [1.165, 1.54) is 36.1 Å². The molecule has 0 spiro atoms. The topological polar surface area (TPSA) is 48.4 Å². The first-order valence-corrected chi connectivity index (χ1v) is 10.7. The zero-order valence-corrected chi connectivity index (χ0v) is 17.4. The number of anilines is 3. The van der Waals surface area contributed by atoms with Crippen molar-refractivity contribution >= 4 is 17.5 Å². The number of piperidine rings is 1. The van der Waals surface area contributed by atoms with Gasteiger partial charge in [-0.15, -0.1) is 5.10 Å². The van der Waals surface area contributed by atoms with Crippen LogP contribution in [0.1, 0.15) is 43.7 Å². The molecule has 1 atom stereocenters. The van der Waals surface area contributed by atoms with Gasteiger partial charge in [0.05, 0.1) is 6.20 Å². The van der Waals surface area contributed by atoms with Crippen LogP contribution in [0, 0.1) is 13.8 Å². The molecule has 0 radical (unpaired) electrons. The molecule has 2 aliphatic heterocycles. The quantitative estimate of drug-likeness (QED) is 0.808. The van der Waals surface area contributed by atoms with Crippen molar-refractivity contribution in [2.75, 3.05) is 47.4 Å². The molecule has 2 fully saturated rings. The first kappa shape index (κ1) is 19.0. The van der Waals surface area contributed by atoms with Crippen molar-refractivity contribution in [3.63, 3.8) is 0 Å². The van der Waals surface area contributed by atoms with Crippen molar-refractivity contribution < 1.29 is 0 Å². The zero-order valence-electron chi connectivity index (χ0n) is 17.4. The average Bonchev–Trinajstić information content (AvgIpc) is 2.76. The normalized spacial score (nSPS) is 20.5. The van der Waals surface area contributed by atoms with Crippen LogP contribution in [0.5, 0.6) is 0 Å². The van der Waals surface area contributed by atoms with Gasteiger partial charge in [-0.2, -0.15) is 10.1 Å². The van der Waals surface area contributed by atoms with E-state index < -0.39 is 0 Å². The fourth-order valence-corrected chi connectivity index (χ4v) is 4.50. The standard InChI is InChI=1S/C22H32N6/c1-4-19-9-5-6-11-28(19)22-24-21(16-23-25-22)27-14-12-26(13-15-27)20-10-7-8-17(2)18(20)3/h7-8,10,16,19H,4-6,9,11-15H2,1-3H3. The van der Waals surface area contributed by atoms with Crippen LogP contribution in [0.4, 0.5) is 17.5 Å². The number of benzene rings is 1. The Bertz CT molecular complexity index is 799. The number of aryl methyl sites for hydroxylation is 1. The van der Waals surface area contributed by atoms with Crippen LogP contribution in [-0.2, 0) is 0 Å². The summed E-state index contributed by atoms with van der Waals surface area (Å²) in [6.45, 7) is 11.6. The Balaban J connectivity index is 1.46. The van der Waals surface area contributed by atoms with Gasteiger partial charge in [0.2, 0.25) is 5.95 Å². The van der Waals surface area contributed by atoms with E-state index in [1.54, 1.807) is 0 Å². The molecule has 1 unspecified atom stereocenters. The highest BCUT2D eigenvalue weighted by Crippen LogP contribution is 2.27. The minimum atomic E-state index is 0.548. The lowest BCUT2D eigenvalue weighted by atomic mass is 10.0. The molecule has 2 aliphatic rings. The van der Waals surface area contributed by atoms with Gasteiger partial charge in [0, 0.05) is 44.5 Å². The third-order valence-electron chi connectivity index (χ3n) is 6.41. The van der Waals surface area contributed by atoms with Crippen LogP contribution in [0.15, 0.2) is 24.4 Å². The fraction of sp³-hybridized carbons (Fsp3) is 0.591. The van der Waals surface area contributed by atoms with Gasteiger partial charge in [-0.25, -0.2) is 0 Å². The molecule has 1 aromatic heterocycles. The van der Waals surface area contributed by atoms with E-state index in [2.05, 4.69) is 63.9 Å². The maximum atomic E-state index is 4.91. The van der Waals surface area contributed by atoms with Crippen molar-refractivity contribution in [3.8, 4) is 0 Å². The smallest absolute Gasteiger partial charge is 0.247 e. The minimum absolute atomic E-state index is 0.548. The van der Waals surface area contributed by atoms with E-state index in [9.17, 15) is 0 Å². The zero-order chi connectivity index (χ0) is 19.5. The van der Waals surface area contributed by atoms with Crippen molar-refractivity contribution in [2.24, 2.45) is 0 Å². The Morgan fingerprint density at radius 2 is 1.79 bits per heavy atom. The second-order valence-corrected chi connectivity index (χ2v) is 8.06. The second-order valence-electron chi connectivity index (χ2n) is 8.06. The van der Waals surface area contributed by atoms with Crippen molar-refractivity contribution in [2.45, 2.75) is 52.5 Å². The first-order chi connectivity index (χ1) is 13.7. The van der Waals surface area contributed by atoms with Crippen molar-refractivity contribution in [3.05, 3.63) is 35.5 Å². The highest BCUT2D eigenvalue weighted by atomic mass is 15.4. The van der Waals surface area contributed by atoms with Crippen LogP contribution >= 0.6 is 0 Å². The van der Waals surface area contributed by atoms with Gasteiger partial charge < -0.3 is 14.7 Å². The molecular weight excluding hydrogens is 348 g/mol. The lowest BCUT2D eigenvalue weighted by Crippen LogP contribution is -2.47. The van der Waals surface area contributed by atoms with Gasteiger partial charge in [0.1, 0.15) is 0 Å². The Hall–Kier alpha value is -2.37. The van der Waals surface area contributed by atoms with Gasteiger partial charge in [-0.3, -0.25) is 0 Å². The summed E-state index contributed by atoms with van der Waals surface area (Å²) >= 11 is 0. The minimum Gasteiger partial charge on any atom is -0.368 e. The van der Waals surface area contributed by atoms with Crippen LogP contribution in [0.25, 0.3) is 0 Å². The summed E-state index contributed by atoms with van der Waals surface area (Å²) in [7, 11) is 0. The third-order valence-corrected chi connectivity index (χ3v) is 6.41. The van der Waals surface area contributed by atoms with Crippen molar-refractivity contribution in [1.82, 2.24) is 15.2 Å². The lowest BCUT2D eigenvalue weighted by Gasteiger charge is -2.38. The molecule has 0 bridgehead atoms. The predicted octanol–water partition coefficient (Wildman–Crippen LogP) is 3.58. The molecule has 1 aromatic carbocycles. The Morgan fingerprint density at radius 1 is 1.00 bits per heavy atom. The van der Waals surface area contributed by atoms with E-state index in [0.29, 0.717) is 6.04 Å².